The molecule has 0 aliphatic rings. The number of amides is 2. The molecule has 0 aliphatic carbocycles. The van der Waals surface area contributed by atoms with Crippen molar-refractivity contribution in [3.05, 3.63) is 78.9 Å². The summed E-state index contributed by atoms with van der Waals surface area (Å²) in [7, 11) is -1.10. The van der Waals surface area contributed by atoms with Crippen LogP contribution in [0.2, 0.25) is 0 Å². The lowest BCUT2D eigenvalue weighted by molar-refractivity contribution is 0.223. The van der Waals surface area contributed by atoms with Crippen LogP contribution in [0.3, 0.4) is 0 Å². The molecular weight excluding hydrogens is 419 g/mol. The lowest BCUT2D eigenvalue weighted by Gasteiger charge is -2.13. The maximum atomic E-state index is 13.2. The van der Waals surface area contributed by atoms with Gasteiger partial charge in [0, 0.05) is 25.9 Å². The molecule has 0 unspecified atom stereocenters. The standard InChI is InChI=1S/C22H19FN4O3S/c1-26(2)22(28)25-31(29,30)19-5-3-4-17(12-19)20-14-24-21-13-16(10-11-27(20)21)15-6-8-18(23)9-7-15/h3-14H,1-2H3,(H,25,28). The van der Waals surface area contributed by atoms with Gasteiger partial charge in [0.2, 0.25) is 0 Å². The Morgan fingerprint density at radius 3 is 2.45 bits per heavy atom. The molecule has 0 radical (unpaired) electrons. The van der Waals surface area contributed by atoms with E-state index in [-0.39, 0.29) is 10.7 Å². The van der Waals surface area contributed by atoms with Gasteiger partial charge in [0.25, 0.3) is 10.0 Å². The van der Waals surface area contributed by atoms with E-state index in [0.717, 1.165) is 16.0 Å². The monoisotopic (exact) mass is 438 g/mol. The number of nitrogens with zero attached hydrogens (tertiary/aromatic N) is 3. The van der Waals surface area contributed by atoms with Crippen LogP contribution in [0.25, 0.3) is 28.0 Å². The Labute approximate surface area is 178 Å². The largest absolute Gasteiger partial charge is 0.330 e. The van der Waals surface area contributed by atoms with Crippen molar-refractivity contribution in [2.24, 2.45) is 0 Å². The Balaban J connectivity index is 1.70. The van der Waals surface area contributed by atoms with Gasteiger partial charge in [-0.2, -0.15) is 0 Å². The van der Waals surface area contributed by atoms with Crippen LogP contribution in [0.4, 0.5) is 9.18 Å². The summed E-state index contributed by atoms with van der Waals surface area (Å²) in [5, 5.41) is 0. The number of urea groups is 1. The van der Waals surface area contributed by atoms with Crippen LogP contribution in [0, 0.1) is 5.82 Å². The van der Waals surface area contributed by atoms with E-state index >= 15 is 0 Å². The van der Waals surface area contributed by atoms with Crippen LogP contribution in [0.5, 0.6) is 0 Å². The Morgan fingerprint density at radius 1 is 1.00 bits per heavy atom. The van der Waals surface area contributed by atoms with E-state index in [4.69, 9.17) is 0 Å². The summed E-state index contributed by atoms with van der Waals surface area (Å²) in [6, 6.07) is 15.5. The summed E-state index contributed by atoms with van der Waals surface area (Å²) in [5.41, 5.74) is 3.72. The van der Waals surface area contributed by atoms with E-state index < -0.39 is 16.1 Å². The molecule has 7 nitrogen and oxygen atoms in total. The third-order valence-electron chi connectivity index (χ3n) is 4.76. The van der Waals surface area contributed by atoms with E-state index in [1.165, 1.54) is 38.4 Å². The first kappa shape index (κ1) is 20.5. The summed E-state index contributed by atoms with van der Waals surface area (Å²) in [4.78, 5) is 17.3. The molecule has 0 bridgehead atoms. The number of hydrogen-bond acceptors (Lipinski definition) is 4. The first-order valence-corrected chi connectivity index (χ1v) is 10.8. The average molecular weight is 438 g/mol. The summed E-state index contributed by atoms with van der Waals surface area (Å²) in [5.74, 6) is -0.301. The minimum Gasteiger partial charge on any atom is -0.330 e. The number of carbonyl (C=O) groups is 1. The van der Waals surface area contributed by atoms with Gasteiger partial charge >= 0.3 is 6.03 Å². The minimum absolute atomic E-state index is 0.0296. The highest BCUT2D eigenvalue weighted by molar-refractivity contribution is 7.90. The molecule has 31 heavy (non-hydrogen) atoms. The lowest BCUT2D eigenvalue weighted by Crippen LogP contribution is -2.38. The van der Waals surface area contributed by atoms with Crippen LogP contribution in [-0.4, -0.2) is 42.8 Å². The highest BCUT2D eigenvalue weighted by Gasteiger charge is 2.19. The number of imidazole rings is 1. The van der Waals surface area contributed by atoms with Gasteiger partial charge in [-0.15, -0.1) is 0 Å². The van der Waals surface area contributed by atoms with Gasteiger partial charge in [0.1, 0.15) is 11.5 Å². The molecule has 0 saturated carbocycles. The van der Waals surface area contributed by atoms with Crippen LogP contribution in [0.1, 0.15) is 0 Å². The van der Waals surface area contributed by atoms with Crippen LogP contribution in [-0.2, 0) is 10.0 Å². The second kappa shape index (κ2) is 7.84. The van der Waals surface area contributed by atoms with Crippen LogP contribution >= 0.6 is 0 Å². The zero-order valence-corrected chi connectivity index (χ0v) is 17.6. The molecule has 2 amide bonds. The number of carbonyl (C=O) groups excluding carboxylic acids is 1. The number of pyridine rings is 1. The first-order valence-electron chi connectivity index (χ1n) is 9.32. The van der Waals surface area contributed by atoms with E-state index in [0.29, 0.717) is 16.9 Å². The summed E-state index contributed by atoms with van der Waals surface area (Å²) in [6.45, 7) is 0. The van der Waals surface area contributed by atoms with Crippen molar-refractivity contribution in [3.8, 4) is 22.4 Å². The number of sulfonamides is 1. The van der Waals surface area contributed by atoms with Crippen LogP contribution < -0.4 is 4.72 Å². The van der Waals surface area contributed by atoms with Crippen molar-refractivity contribution in [3.63, 3.8) is 0 Å². The number of nitrogens with one attached hydrogen (secondary N) is 1. The quantitative estimate of drug-likeness (QED) is 0.526. The van der Waals surface area contributed by atoms with Crippen LogP contribution in [0.15, 0.2) is 78.0 Å². The molecule has 0 spiro atoms. The number of aromatic nitrogens is 2. The topological polar surface area (TPSA) is 83.8 Å². The van der Waals surface area contributed by atoms with Gasteiger partial charge in [-0.25, -0.2) is 27.3 Å². The average Bonchev–Trinajstić information content (AvgIpc) is 3.17. The van der Waals surface area contributed by atoms with E-state index in [9.17, 15) is 17.6 Å². The molecule has 4 rings (SSSR count). The molecule has 9 heteroatoms. The van der Waals surface area contributed by atoms with Gasteiger partial charge in [0.05, 0.1) is 16.8 Å². The molecule has 2 aromatic carbocycles. The number of benzene rings is 2. The number of hydrogen-bond donors (Lipinski definition) is 1. The molecular formula is C22H19FN4O3S. The zero-order valence-electron chi connectivity index (χ0n) is 16.8. The summed E-state index contributed by atoms with van der Waals surface area (Å²) in [6.07, 6.45) is 3.47. The molecule has 4 aromatic rings. The third kappa shape index (κ3) is 4.13. The van der Waals surface area contributed by atoms with Crippen molar-refractivity contribution >= 4 is 21.7 Å². The van der Waals surface area contributed by atoms with Crippen molar-refractivity contribution in [2.45, 2.75) is 4.90 Å². The SMILES string of the molecule is CN(C)C(=O)NS(=O)(=O)c1cccc(-c2cnc3cc(-c4ccc(F)cc4)ccn23)c1. The fourth-order valence-electron chi connectivity index (χ4n) is 3.10. The van der Waals surface area contributed by atoms with Gasteiger partial charge in [-0.1, -0.05) is 24.3 Å². The summed E-state index contributed by atoms with van der Waals surface area (Å²) < 4.78 is 42.1. The van der Waals surface area contributed by atoms with Gasteiger partial charge in [-0.05, 0) is 47.5 Å². The fourth-order valence-corrected chi connectivity index (χ4v) is 4.17. The van der Waals surface area contributed by atoms with E-state index in [2.05, 4.69) is 4.98 Å². The van der Waals surface area contributed by atoms with Gasteiger partial charge in [0.15, 0.2) is 0 Å². The van der Waals surface area contributed by atoms with Crippen molar-refractivity contribution in [1.29, 1.82) is 0 Å². The lowest BCUT2D eigenvalue weighted by atomic mass is 10.1. The highest BCUT2D eigenvalue weighted by Crippen LogP contribution is 2.27. The normalized spacial score (nSPS) is 11.5. The minimum atomic E-state index is -4.02. The molecule has 1 N–H and O–H groups in total. The second-order valence-electron chi connectivity index (χ2n) is 7.13. The molecule has 0 aliphatic heterocycles. The third-order valence-corrected chi connectivity index (χ3v) is 6.08. The second-order valence-corrected chi connectivity index (χ2v) is 8.81. The van der Waals surface area contributed by atoms with E-state index in [1.807, 2.05) is 27.5 Å². The van der Waals surface area contributed by atoms with E-state index in [1.54, 1.807) is 30.5 Å². The Kier molecular flexibility index (Phi) is 5.20. The molecule has 0 atom stereocenters. The summed E-state index contributed by atoms with van der Waals surface area (Å²) >= 11 is 0. The highest BCUT2D eigenvalue weighted by atomic mass is 32.2. The van der Waals surface area contributed by atoms with Gasteiger partial charge < -0.3 is 4.90 Å². The molecule has 0 saturated heterocycles. The van der Waals surface area contributed by atoms with Crippen molar-refractivity contribution in [2.75, 3.05) is 14.1 Å². The molecule has 2 heterocycles. The Bertz CT molecular complexity index is 1380. The molecule has 158 valence electrons. The maximum absolute atomic E-state index is 13.2. The maximum Gasteiger partial charge on any atom is 0.330 e. The molecule has 2 aromatic heterocycles. The fraction of sp³-hybridized carbons (Fsp3) is 0.0909. The Hall–Kier alpha value is -3.72. The number of rotatable bonds is 4. The van der Waals surface area contributed by atoms with Gasteiger partial charge in [-0.3, -0.25) is 4.40 Å². The number of halogens is 1. The first-order chi connectivity index (χ1) is 14.7. The van der Waals surface area contributed by atoms with Crippen molar-refractivity contribution < 1.29 is 17.6 Å². The Morgan fingerprint density at radius 2 is 1.74 bits per heavy atom. The molecule has 0 fully saturated rings. The number of fused-ring (bicyclic) bond motifs is 1. The smallest absolute Gasteiger partial charge is 0.330 e. The zero-order chi connectivity index (χ0) is 22.2. The van der Waals surface area contributed by atoms with Crippen molar-refractivity contribution in [1.82, 2.24) is 19.0 Å². The predicted octanol–water partition coefficient (Wildman–Crippen LogP) is 3.77. The predicted molar refractivity (Wildman–Crippen MR) is 115 cm³/mol.